The van der Waals surface area contributed by atoms with E-state index in [0.29, 0.717) is 22.6 Å². The number of hydrogen-bond donors (Lipinski definition) is 0. The fourth-order valence-electron chi connectivity index (χ4n) is 2.12. The molecule has 0 aliphatic heterocycles. The van der Waals surface area contributed by atoms with E-state index >= 15 is 0 Å². The Labute approximate surface area is 106 Å². The molecule has 2 heterocycles. The summed E-state index contributed by atoms with van der Waals surface area (Å²) in [5.74, 6) is 0.723. The zero-order valence-corrected chi connectivity index (χ0v) is 9.73. The summed E-state index contributed by atoms with van der Waals surface area (Å²) in [5.41, 5.74) is 1.98. The van der Waals surface area contributed by atoms with Gasteiger partial charge in [0, 0.05) is 11.1 Å². The smallest absolute Gasteiger partial charge is 0.291 e. The topological polar surface area (TPSA) is 95.2 Å². The SMILES string of the molecule is COc1ccc2c(c1)-c1nc3nnnn3nc1C2=O. The summed E-state index contributed by atoms with van der Waals surface area (Å²) in [6.45, 7) is 0. The molecule has 1 aliphatic rings. The minimum atomic E-state index is -0.183. The lowest BCUT2D eigenvalue weighted by Crippen LogP contribution is -2.06. The second-order valence-corrected chi connectivity index (χ2v) is 4.02. The van der Waals surface area contributed by atoms with Gasteiger partial charge in [-0.2, -0.15) is 0 Å². The average Bonchev–Trinajstić information content (AvgIpc) is 3.00. The molecule has 0 saturated carbocycles. The van der Waals surface area contributed by atoms with Gasteiger partial charge in [-0.05, 0) is 28.6 Å². The van der Waals surface area contributed by atoms with Crippen LogP contribution in [-0.2, 0) is 0 Å². The summed E-state index contributed by atoms with van der Waals surface area (Å²) in [7, 11) is 1.57. The van der Waals surface area contributed by atoms with Crippen LogP contribution in [-0.4, -0.2) is 43.1 Å². The van der Waals surface area contributed by atoms with Gasteiger partial charge in [0.15, 0.2) is 5.69 Å². The van der Waals surface area contributed by atoms with Gasteiger partial charge in [-0.25, -0.2) is 4.98 Å². The van der Waals surface area contributed by atoms with Crippen LogP contribution in [0.2, 0.25) is 0 Å². The van der Waals surface area contributed by atoms with E-state index in [2.05, 4.69) is 25.6 Å². The van der Waals surface area contributed by atoms with Gasteiger partial charge in [0.05, 0.1) is 7.11 Å². The molecular weight excluding hydrogens is 248 g/mol. The number of fused-ring (bicyclic) bond motifs is 4. The third kappa shape index (κ3) is 1.22. The van der Waals surface area contributed by atoms with Crippen molar-refractivity contribution in [2.45, 2.75) is 0 Å². The van der Waals surface area contributed by atoms with Gasteiger partial charge in [-0.3, -0.25) is 4.79 Å². The fourth-order valence-corrected chi connectivity index (χ4v) is 2.12. The summed E-state index contributed by atoms with van der Waals surface area (Å²) in [6.07, 6.45) is 0. The molecular formula is C11H6N6O2. The van der Waals surface area contributed by atoms with Crippen LogP contribution >= 0.6 is 0 Å². The Bertz CT molecular complexity index is 840. The van der Waals surface area contributed by atoms with Crippen LogP contribution in [0.4, 0.5) is 0 Å². The van der Waals surface area contributed by atoms with Crippen molar-refractivity contribution < 1.29 is 9.53 Å². The molecule has 2 aromatic heterocycles. The molecule has 0 unspecified atom stereocenters. The first kappa shape index (κ1) is 10.1. The van der Waals surface area contributed by atoms with Gasteiger partial charge in [-0.1, -0.05) is 9.73 Å². The van der Waals surface area contributed by atoms with Gasteiger partial charge < -0.3 is 4.74 Å². The molecule has 8 heteroatoms. The van der Waals surface area contributed by atoms with Crippen molar-refractivity contribution in [1.82, 2.24) is 30.2 Å². The van der Waals surface area contributed by atoms with E-state index < -0.39 is 0 Å². The third-order valence-electron chi connectivity index (χ3n) is 3.01. The molecule has 0 spiro atoms. The second kappa shape index (κ2) is 3.31. The third-order valence-corrected chi connectivity index (χ3v) is 3.01. The van der Waals surface area contributed by atoms with Gasteiger partial charge in [0.25, 0.3) is 5.78 Å². The van der Waals surface area contributed by atoms with Crippen LogP contribution < -0.4 is 4.74 Å². The number of ether oxygens (including phenoxy) is 1. The minimum Gasteiger partial charge on any atom is -0.497 e. The lowest BCUT2D eigenvalue weighted by atomic mass is 10.1. The number of benzene rings is 1. The van der Waals surface area contributed by atoms with Crippen LogP contribution in [0.5, 0.6) is 5.75 Å². The van der Waals surface area contributed by atoms with Crippen molar-refractivity contribution in [2.24, 2.45) is 0 Å². The highest BCUT2D eigenvalue weighted by molar-refractivity contribution is 6.19. The molecule has 8 nitrogen and oxygen atoms in total. The second-order valence-electron chi connectivity index (χ2n) is 4.02. The standard InChI is InChI=1S/C11H6N6O2/c1-19-5-2-3-6-7(4-5)8-9(10(6)18)14-17-11(12-8)13-15-16-17/h2-4H,1H3. The molecule has 19 heavy (non-hydrogen) atoms. The maximum Gasteiger partial charge on any atom is 0.291 e. The Hall–Kier alpha value is -2.90. The first-order valence-electron chi connectivity index (χ1n) is 5.47. The molecule has 0 bridgehead atoms. The highest BCUT2D eigenvalue weighted by Gasteiger charge is 2.31. The molecule has 0 fully saturated rings. The van der Waals surface area contributed by atoms with Crippen LogP contribution in [0.15, 0.2) is 18.2 Å². The zero-order valence-electron chi connectivity index (χ0n) is 9.73. The van der Waals surface area contributed by atoms with E-state index in [9.17, 15) is 4.79 Å². The lowest BCUT2D eigenvalue weighted by molar-refractivity contribution is 0.103. The molecule has 0 radical (unpaired) electrons. The monoisotopic (exact) mass is 254 g/mol. The van der Waals surface area contributed by atoms with E-state index in [1.165, 1.54) is 0 Å². The number of rotatable bonds is 1. The summed E-state index contributed by atoms with van der Waals surface area (Å²) >= 11 is 0. The van der Waals surface area contributed by atoms with E-state index in [-0.39, 0.29) is 17.3 Å². The summed E-state index contributed by atoms with van der Waals surface area (Å²) in [4.78, 5) is 16.5. The van der Waals surface area contributed by atoms with Gasteiger partial charge in [-0.15, -0.1) is 5.10 Å². The number of hydrogen-bond acceptors (Lipinski definition) is 7. The van der Waals surface area contributed by atoms with Gasteiger partial charge in [0.1, 0.15) is 11.4 Å². The largest absolute Gasteiger partial charge is 0.497 e. The predicted octanol–water partition coefficient (Wildman–Crippen LogP) is 0.134. The first-order chi connectivity index (χ1) is 9.28. The van der Waals surface area contributed by atoms with E-state index in [4.69, 9.17) is 4.74 Å². The van der Waals surface area contributed by atoms with Crippen LogP contribution in [0.1, 0.15) is 16.1 Å². The molecule has 3 aromatic rings. The molecule has 1 aromatic carbocycles. The van der Waals surface area contributed by atoms with Gasteiger partial charge >= 0.3 is 0 Å². The lowest BCUT2D eigenvalue weighted by Gasteiger charge is -2.02. The van der Waals surface area contributed by atoms with Crippen molar-refractivity contribution in [3.63, 3.8) is 0 Å². The average molecular weight is 254 g/mol. The number of carbonyl (C=O) groups is 1. The van der Waals surface area contributed by atoms with Gasteiger partial charge in [0.2, 0.25) is 5.78 Å². The Morgan fingerprint density at radius 2 is 2.11 bits per heavy atom. The molecule has 0 saturated heterocycles. The van der Waals surface area contributed by atoms with Crippen molar-refractivity contribution in [2.75, 3.05) is 7.11 Å². The minimum absolute atomic E-state index is 0.183. The number of ketones is 1. The predicted molar refractivity (Wildman–Crippen MR) is 61.8 cm³/mol. The van der Waals surface area contributed by atoms with Crippen LogP contribution in [0.3, 0.4) is 0 Å². The molecule has 0 amide bonds. The molecule has 92 valence electrons. The van der Waals surface area contributed by atoms with Crippen molar-refractivity contribution in [3.05, 3.63) is 29.5 Å². The van der Waals surface area contributed by atoms with E-state index in [1.807, 2.05) is 0 Å². The van der Waals surface area contributed by atoms with E-state index in [0.717, 1.165) is 4.63 Å². The number of methoxy groups -OCH3 is 1. The number of tetrazole rings is 1. The highest BCUT2D eigenvalue weighted by Crippen LogP contribution is 2.36. The number of nitrogens with zero attached hydrogens (tertiary/aromatic N) is 6. The van der Waals surface area contributed by atoms with Crippen LogP contribution in [0.25, 0.3) is 17.0 Å². The Morgan fingerprint density at radius 3 is 2.95 bits per heavy atom. The van der Waals surface area contributed by atoms with Crippen molar-refractivity contribution in [3.8, 4) is 17.0 Å². The van der Waals surface area contributed by atoms with Crippen LogP contribution in [0, 0.1) is 0 Å². The fraction of sp³-hybridized carbons (Fsp3) is 0.0909. The highest BCUT2D eigenvalue weighted by atomic mass is 16.5. The summed E-state index contributed by atoms with van der Waals surface area (Å²) < 4.78 is 6.30. The maximum absolute atomic E-state index is 12.2. The number of carbonyl (C=O) groups excluding carboxylic acids is 1. The first-order valence-corrected chi connectivity index (χ1v) is 5.47. The zero-order chi connectivity index (χ0) is 13.0. The van der Waals surface area contributed by atoms with Crippen molar-refractivity contribution >= 4 is 11.6 Å². The maximum atomic E-state index is 12.2. The molecule has 0 atom stereocenters. The quantitative estimate of drug-likeness (QED) is 0.476. The molecule has 0 N–H and O–H groups in total. The Morgan fingerprint density at radius 1 is 1.21 bits per heavy atom. The van der Waals surface area contributed by atoms with Crippen molar-refractivity contribution in [1.29, 1.82) is 0 Å². The van der Waals surface area contributed by atoms with E-state index in [1.54, 1.807) is 25.3 Å². The Kier molecular flexibility index (Phi) is 1.75. The summed E-state index contributed by atoms with van der Waals surface area (Å²) in [6, 6.07) is 5.19. The molecule has 4 rings (SSSR count). The summed E-state index contributed by atoms with van der Waals surface area (Å²) in [5, 5.41) is 14.9. The Balaban J connectivity index is 2.07. The normalized spacial score (nSPS) is 12.6. The number of aromatic nitrogens is 6. The molecule has 1 aliphatic carbocycles.